The maximum Gasteiger partial charge on any atom is 0.416 e. The third kappa shape index (κ3) is 4.24. The smallest absolute Gasteiger partial charge is 0.355 e. The Labute approximate surface area is 158 Å². The molecule has 0 spiro atoms. The second-order valence-electron chi connectivity index (χ2n) is 6.44. The molecule has 0 saturated carbocycles. The Morgan fingerprint density at radius 1 is 1.11 bits per heavy atom. The van der Waals surface area contributed by atoms with Crippen LogP contribution in [0.5, 0.6) is 0 Å². The molecule has 0 bridgehead atoms. The minimum Gasteiger partial charge on any atom is -0.355 e. The van der Waals surface area contributed by atoms with Crippen LogP contribution in [0.15, 0.2) is 42.5 Å². The summed E-state index contributed by atoms with van der Waals surface area (Å²) in [5.41, 5.74) is -0.111. The Kier molecular flexibility index (Phi) is 5.26. The van der Waals surface area contributed by atoms with Gasteiger partial charge in [-0.1, -0.05) is 0 Å². The van der Waals surface area contributed by atoms with E-state index in [9.17, 15) is 27.2 Å². The van der Waals surface area contributed by atoms with E-state index in [0.29, 0.717) is 17.8 Å². The molecule has 148 valence electrons. The lowest BCUT2D eigenvalue weighted by molar-refractivity contribution is -0.137. The minimum atomic E-state index is -4.43. The molecule has 1 saturated heterocycles. The largest absolute Gasteiger partial charge is 0.416 e. The van der Waals surface area contributed by atoms with Crippen LogP contribution in [0, 0.1) is 5.82 Å². The molecule has 1 heterocycles. The number of carbonyl (C=O) groups excluding carboxylic acids is 2. The molecule has 2 N–H and O–H groups in total. The molecule has 1 fully saturated rings. The Hall–Kier alpha value is -3.10. The predicted octanol–water partition coefficient (Wildman–Crippen LogP) is 4.15. The summed E-state index contributed by atoms with van der Waals surface area (Å²) in [5.74, 6) is -1.32. The van der Waals surface area contributed by atoms with Crippen LogP contribution in [0.3, 0.4) is 0 Å². The summed E-state index contributed by atoms with van der Waals surface area (Å²) in [6.07, 6.45) is -3.82. The van der Waals surface area contributed by atoms with Crippen LogP contribution in [-0.2, 0) is 15.8 Å². The summed E-state index contributed by atoms with van der Waals surface area (Å²) >= 11 is 0. The van der Waals surface area contributed by atoms with Crippen molar-refractivity contribution < 1.29 is 27.2 Å². The van der Waals surface area contributed by atoms with E-state index < -0.39 is 29.5 Å². The van der Waals surface area contributed by atoms with E-state index in [1.165, 1.54) is 36.2 Å². The van der Waals surface area contributed by atoms with Crippen LogP contribution in [0.2, 0.25) is 0 Å². The van der Waals surface area contributed by atoms with E-state index in [0.717, 1.165) is 18.2 Å². The van der Waals surface area contributed by atoms with Crippen LogP contribution in [0.25, 0.3) is 0 Å². The van der Waals surface area contributed by atoms with Crippen LogP contribution in [-0.4, -0.2) is 29.8 Å². The third-order valence-electron chi connectivity index (χ3n) is 4.52. The van der Waals surface area contributed by atoms with E-state index in [1.54, 1.807) is 0 Å². The number of halogens is 4. The monoisotopic (exact) mass is 395 g/mol. The van der Waals surface area contributed by atoms with Gasteiger partial charge in [-0.15, -0.1) is 0 Å². The molecule has 1 aliphatic heterocycles. The number of rotatable bonds is 4. The average Bonchev–Trinajstić information content (AvgIpc) is 2.97. The van der Waals surface area contributed by atoms with Crippen LogP contribution in [0.1, 0.15) is 18.4 Å². The molecule has 3 rings (SSSR count). The fraction of sp³-hybridized carbons (Fsp3) is 0.263. The highest BCUT2D eigenvalue weighted by Crippen LogP contribution is 2.31. The first-order chi connectivity index (χ1) is 13.1. The zero-order valence-corrected chi connectivity index (χ0v) is 14.8. The maximum atomic E-state index is 14.1. The lowest BCUT2D eigenvalue weighted by atomic mass is 10.2. The molecule has 0 aliphatic carbocycles. The average molecular weight is 395 g/mol. The summed E-state index contributed by atoms with van der Waals surface area (Å²) < 4.78 is 51.9. The van der Waals surface area contributed by atoms with Crippen molar-refractivity contribution in [3.8, 4) is 0 Å². The van der Waals surface area contributed by atoms with E-state index in [2.05, 4.69) is 10.6 Å². The molecule has 1 unspecified atom stereocenters. The van der Waals surface area contributed by atoms with Gasteiger partial charge < -0.3 is 15.5 Å². The first-order valence-corrected chi connectivity index (χ1v) is 8.45. The molecule has 9 heteroatoms. The van der Waals surface area contributed by atoms with E-state index in [4.69, 9.17) is 0 Å². The summed E-state index contributed by atoms with van der Waals surface area (Å²) in [7, 11) is 1.51. The van der Waals surface area contributed by atoms with E-state index >= 15 is 0 Å². The number of likely N-dealkylation sites (N-methyl/N-ethyl adjacent to an activating group) is 1. The zero-order valence-electron chi connectivity index (χ0n) is 14.8. The van der Waals surface area contributed by atoms with Gasteiger partial charge in [0, 0.05) is 24.8 Å². The van der Waals surface area contributed by atoms with Gasteiger partial charge in [0.2, 0.25) is 11.8 Å². The number of alkyl halides is 3. The highest BCUT2D eigenvalue weighted by molar-refractivity contribution is 5.99. The second-order valence-corrected chi connectivity index (χ2v) is 6.44. The van der Waals surface area contributed by atoms with Crippen molar-refractivity contribution in [2.45, 2.75) is 25.1 Å². The van der Waals surface area contributed by atoms with Crippen molar-refractivity contribution in [3.05, 3.63) is 53.8 Å². The SMILES string of the molecule is CN1C(=O)CCC1C(=O)Nc1cc(Nc2ccc(C(F)(F)F)cc2)ccc1F. The molecule has 0 aromatic heterocycles. The summed E-state index contributed by atoms with van der Waals surface area (Å²) in [4.78, 5) is 25.2. The zero-order chi connectivity index (χ0) is 20.5. The summed E-state index contributed by atoms with van der Waals surface area (Å²) in [6.45, 7) is 0. The number of hydrogen-bond acceptors (Lipinski definition) is 3. The van der Waals surface area contributed by atoms with Gasteiger partial charge in [0.1, 0.15) is 11.9 Å². The van der Waals surface area contributed by atoms with Gasteiger partial charge >= 0.3 is 6.18 Å². The van der Waals surface area contributed by atoms with Crippen molar-refractivity contribution in [2.24, 2.45) is 0 Å². The second kappa shape index (κ2) is 7.49. The number of amides is 2. The van der Waals surface area contributed by atoms with Gasteiger partial charge in [-0.3, -0.25) is 9.59 Å². The Morgan fingerprint density at radius 3 is 2.32 bits per heavy atom. The standard InChI is InChI=1S/C19H17F4N3O2/c1-26-16(8-9-17(26)27)18(28)25-15-10-13(6-7-14(15)20)24-12-4-2-11(3-5-12)19(21,22)23/h2-7,10,16,24H,8-9H2,1H3,(H,25,28). The molecule has 1 atom stereocenters. The third-order valence-corrected chi connectivity index (χ3v) is 4.52. The van der Waals surface area contributed by atoms with Gasteiger partial charge in [0.15, 0.2) is 0 Å². The number of nitrogens with one attached hydrogen (secondary N) is 2. The van der Waals surface area contributed by atoms with Crippen LogP contribution < -0.4 is 10.6 Å². The molecule has 28 heavy (non-hydrogen) atoms. The summed E-state index contributed by atoms with van der Waals surface area (Å²) in [5, 5.41) is 5.32. The van der Waals surface area contributed by atoms with Crippen LogP contribution >= 0.6 is 0 Å². The van der Waals surface area contributed by atoms with Gasteiger partial charge in [0.25, 0.3) is 0 Å². The van der Waals surface area contributed by atoms with E-state index in [1.807, 2.05) is 0 Å². The van der Waals surface area contributed by atoms with Gasteiger partial charge in [-0.25, -0.2) is 4.39 Å². The van der Waals surface area contributed by atoms with Gasteiger partial charge in [-0.05, 0) is 48.9 Å². The molecule has 2 amide bonds. The lowest BCUT2D eigenvalue weighted by Crippen LogP contribution is -2.39. The topological polar surface area (TPSA) is 61.4 Å². The van der Waals surface area contributed by atoms with Crippen molar-refractivity contribution in [3.63, 3.8) is 0 Å². The van der Waals surface area contributed by atoms with Crippen molar-refractivity contribution in [2.75, 3.05) is 17.7 Å². The highest BCUT2D eigenvalue weighted by atomic mass is 19.4. The van der Waals surface area contributed by atoms with E-state index in [-0.39, 0.29) is 18.0 Å². The number of nitrogens with zero attached hydrogens (tertiary/aromatic N) is 1. The summed E-state index contributed by atoms with van der Waals surface area (Å²) in [6, 6.07) is 7.57. The number of hydrogen-bond donors (Lipinski definition) is 2. The van der Waals surface area contributed by atoms with Gasteiger partial charge in [-0.2, -0.15) is 13.2 Å². The molecule has 2 aromatic carbocycles. The molecule has 1 aliphatic rings. The van der Waals surface area contributed by atoms with Crippen molar-refractivity contribution in [1.29, 1.82) is 0 Å². The fourth-order valence-electron chi connectivity index (χ4n) is 2.94. The first-order valence-electron chi connectivity index (χ1n) is 8.45. The number of benzene rings is 2. The molecular weight excluding hydrogens is 378 g/mol. The Morgan fingerprint density at radius 2 is 1.75 bits per heavy atom. The minimum absolute atomic E-state index is 0.0883. The van der Waals surface area contributed by atoms with Crippen molar-refractivity contribution >= 4 is 28.9 Å². The number of anilines is 3. The maximum absolute atomic E-state index is 14.1. The highest BCUT2D eigenvalue weighted by Gasteiger charge is 2.33. The normalized spacial score (nSPS) is 17.0. The lowest BCUT2D eigenvalue weighted by Gasteiger charge is -2.19. The van der Waals surface area contributed by atoms with Crippen molar-refractivity contribution in [1.82, 2.24) is 4.90 Å². The molecule has 5 nitrogen and oxygen atoms in total. The molecule has 0 radical (unpaired) electrons. The number of carbonyl (C=O) groups is 2. The first kappa shape index (κ1) is 19.7. The Balaban J connectivity index is 1.73. The molecule has 2 aromatic rings. The Bertz CT molecular complexity index is 897. The van der Waals surface area contributed by atoms with Gasteiger partial charge in [0.05, 0.1) is 11.3 Å². The quantitative estimate of drug-likeness (QED) is 0.765. The fourth-order valence-corrected chi connectivity index (χ4v) is 2.94. The number of likely N-dealkylation sites (tertiary alicyclic amines) is 1. The van der Waals surface area contributed by atoms with Crippen LogP contribution in [0.4, 0.5) is 34.6 Å². The predicted molar refractivity (Wildman–Crippen MR) is 95.5 cm³/mol. The molecular formula is C19H17F4N3O2.